The van der Waals surface area contributed by atoms with Crippen LogP contribution in [-0.4, -0.2) is 40.9 Å². The van der Waals surface area contributed by atoms with Crippen molar-refractivity contribution in [3.8, 4) is 28.6 Å². The second-order valence-electron chi connectivity index (χ2n) is 7.64. The van der Waals surface area contributed by atoms with Gasteiger partial charge in [0.1, 0.15) is 0 Å². The van der Waals surface area contributed by atoms with Gasteiger partial charge in [0.05, 0.1) is 26.2 Å². The van der Waals surface area contributed by atoms with Crippen LogP contribution in [0.25, 0.3) is 11.4 Å². The Morgan fingerprint density at radius 1 is 0.944 bits per heavy atom. The molecule has 0 fully saturated rings. The number of hydrogen-bond acceptors (Lipinski definition) is 8. The van der Waals surface area contributed by atoms with E-state index in [9.17, 15) is 4.79 Å². The third kappa shape index (κ3) is 5.80. The minimum Gasteiger partial charge on any atom is -0.490 e. The van der Waals surface area contributed by atoms with Crippen molar-refractivity contribution >= 4 is 11.6 Å². The predicted molar refractivity (Wildman–Crippen MR) is 135 cm³/mol. The molecule has 0 aliphatic heterocycles. The first-order valence-electron chi connectivity index (χ1n) is 11.8. The number of hydrogen-bond donors (Lipinski definition) is 1. The normalized spacial score (nSPS) is 10.6. The van der Waals surface area contributed by atoms with Crippen molar-refractivity contribution in [1.82, 2.24) is 15.1 Å². The van der Waals surface area contributed by atoms with Gasteiger partial charge in [-0.1, -0.05) is 23.4 Å². The molecular formula is C27H28N4O5. The zero-order valence-corrected chi connectivity index (χ0v) is 20.5. The average molecular weight is 489 g/mol. The summed E-state index contributed by atoms with van der Waals surface area (Å²) in [5, 5.41) is 7.03. The fourth-order valence-electron chi connectivity index (χ4n) is 3.61. The van der Waals surface area contributed by atoms with Crippen LogP contribution in [0.5, 0.6) is 17.2 Å². The van der Waals surface area contributed by atoms with E-state index in [4.69, 9.17) is 18.7 Å². The molecule has 2 heterocycles. The number of rotatable bonds is 11. The topological polar surface area (TPSA) is 109 Å². The van der Waals surface area contributed by atoms with Gasteiger partial charge in [-0.3, -0.25) is 9.78 Å². The van der Waals surface area contributed by atoms with Crippen molar-refractivity contribution in [2.75, 3.05) is 25.1 Å². The molecule has 4 aromatic rings. The molecule has 0 spiro atoms. The number of nitrogens with zero attached hydrogens (tertiary/aromatic N) is 3. The first-order chi connectivity index (χ1) is 17.6. The third-order valence-electron chi connectivity index (χ3n) is 5.17. The van der Waals surface area contributed by atoms with E-state index in [2.05, 4.69) is 20.4 Å². The lowest BCUT2D eigenvalue weighted by atomic mass is 10.1. The van der Waals surface area contributed by atoms with Gasteiger partial charge in [0.25, 0.3) is 5.91 Å². The Kier molecular flexibility index (Phi) is 8.12. The number of ether oxygens (including phenoxy) is 3. The summed E-state index contributed by atoms with van der Waals surface area (Å²) in [6.45, 7) is 6.91. The Bertz CT molecular complexity index is 1280. The van der Waals surface area contributed by atoms with E-state index in [0.29, 0.717) is 66.5 Å². The van der Waals surface area contributed by atoms with Crippen molar-refractivity contribution in [2.24, 2.45) is 0 Å². The van der Waals surface area contributed by atoms with Crippen LogP contribution >= 0.6 is 0 Å². The molecular weight excluding hydrogens is 460 g/mol. The predicted octanol–water partition coefficient (Wildman–Crippen LogP) is 5.17. The second-order valence-corrected chi connectivity index (χ2v) is 7.64. The summed E-state index contributed by atoms with van der Waals surface area (Å²) in [4.78, 5) is 21.8. The maximum absolute atomic E-state index is 13.3. The van der Waals surface area contributed by atoms with Gasteiger partial charge in [-0.25, -0.2) is 0 Å². The zero-order valence-electron chi connectivity index (χ0n) is 20.5. The zero-order chi connectivity index (χ0) is 25.3. The monoisotopic (exact) mass is 488 g/mol. The number of pyridine rings is 1. The van der Waals surface area contributed by atoms with Gasteiger partial charge in [0.15, 0.2) is 11.5 Å². The van der Waals surface area contributed by atoms with Gasteiger partial charge >= 0.3 is 0 Å². The van der Waals surface area contributed by atoms with E-state index in [-0.39, 0.29) is 5.91 Å². The molecule has 2 aromatic heterocycles. The summed E-state index contributed by atoms with van der Waals surface area (Å²) >= 11 is 0. The summed E-state index contributed by atoms with van der Waals surface area (Å²) in [6, 6.07) is 14.5. The van der Waals surface area contributed by atoms with Crippen LogP contribution in [-0.2, 0) is 6.42 Å². The maximum Gasteiger partial charge on any atom is 0.255 e. The van der Waals surface area contributed by atoms with Gasteiger partial charge in [-0.15, -0.1) is 0 Å². The van der Waals surface area contributed by atoms with E-state index < -0.39 is 0 Å². The van der Waals surface area contributed by atoms with Crippen molar-refractivity contribution in [2.45, 2.75) is 27.2 Å². The minimum atomic E-state index is -0.311. The van der Waals surface area contributed by atoms with E-state index in [1.54, 1.807) is 24.5 Å². The summed E-state index contributed by atoms with van der Waals surface area (Å²) < 4.78 is 22.7. The van der Waals surface area contributed by atoms with Crippen molar-refractivity contribution in [3.63, 3.8) is 0 Å². The van der Waals surface area contributed by atoms with Crippen LogP contribution < -0.4 is 19.5 Å². The highest BCUT2D eigenvalue weighted by atomic mass is 16.5. The highest BCUT2D eigenvalue weighted by molar-refractivity contribution is 6.05. The molecule has 0 unspecified atom stereocenters. The van der Waals surface area contributed by atoms with E-state index >= 15 is 0 Å². The first-order valence-corrected chi connectivity index (χ1v) is 11.8. The molecule has 0 aliphatic rings. The van der Waals surface area contributed by atoms with Crippen molar-refractivity contribution < 1.29 is 23.5 Å². The van der Waals surface area contributed by atoms with E-state index in [1.807, 2.05) is 57.2 Å². The Labute approximate surface area is 209 Å². The Balaban J connectivity index is 1.57. The lowest BCUT2D eigenvalue weighted by molar-refractivity contribution is 0.102. The number of carbonyl (C=O) groups excluding carboxylic acids is 1. The van der Waals surface area contributed by atoms with Crippen LogP contribution in [0.1, 0.15) is 42.6 Å². The SMILES string of the molecule is CCOc1cc(C(=O)Nc2ccccc2Cc2nc(-c3cccnc3)no2)cc(OCC)c1OCC. The van der Waals surface area contributed by atoms with E-state index in [0.717, 1.165) is 11.1 Å². The highest BCUT2D eigenvalue weighted by Gasteiger charge is 2.19. The van der Waals surface area contributed by atoms with Gasteiger partial charge in [-0.05, 0) is 56.7 Å². The number of amides is 1. The smallest absolute Gasteiger partial charge is 0.255 e. The number of nitrogens with one attached hydrogen (secondary N) is 1. The molecule has 9 heteroatoms. The van der Waals surface area contributed by atoms with Crippen LogP contribution in [0.15, 0.2) is 65.4 Å². The molecule has 0 bridgehead atoms. The number of carbonyl (C=O) groups is 1. The maximum atomic E-state index is 13.3. The largest absolute Gasteiger partial charge is 0.490 e. The highest BCUT2D eigenvalue weighted by Crippen LogP contribution is 2.39. The Hall–Kier alpha value is -4.40. The molecule has 9 nitrogen and oxygen atoms in total. The number of anilines is 1. The Morgan fingerprint density at radius 2 is 1.67 bits per heavy atom. The van der Waals surface area contributed by atoms with Crippen LogP contribution in [0.2, 0.25) is 0 Å². The van der Waals surface area contributed by atoms with Gasteiger partial charge in [0.2, 0.25) is 17.5 Å². The fourth-order valence-corrected chi connectivity index (χ4v) is 3.61. The van der Waals surface area contributed by atoms with Gasteiger partial charge in [0, 0.05) is 29.2 Å². The number of aromatic nitrogens is 3. The molecule has 4 rings (SSSR count). The van der Waals surface area contributed by atoms with Gasteiger partial charge in [-0.2, -0.15) is 4.98 Å². The third-order valence-corrected chi connectivity index (χ3v) is 5.17. The lowest BCUT2D eigenvalue weighted by Gasteiger charge is -2.17. The van der Waals surface area contributed by atoms with Crippen molar-refractivity contribution in [3.05, 3.63) is 77.9 Å². The first kappa shape index (κ1) is 24.7. The summed E-state index contributed by atoms with van der Waals surface area (Å²) in [6.07, 6.45) is 3.70. The molecule has 2 aromatic carbocycles. The summed E-state index contributed by atoms with van der Waals surface area (Å²) in [5.41, 5.74) is 2.61. The molecule has 0 radical (unpaired) electrons. The molecule has 186 valence electrons. The molecule has 0 aliphatic carbocycles. The second kappa shape index (κ2) is 11.8. The Morgan fingerprint density at radius 3 is 2.33 bits per heavy atom. The van der Waals surface area contributed by atoms with Crippen LogP contribution in [0, 0.1) is 0 Å². The lowest BCUT2D eigenvalue weighted by Crippen LogP contribution is -2.14. The quantitative estimate of drug-likeness (QED) is 0.308. The van der Waals surface area contributed by atoms with E-state index in [1.165, 1.54) is 0 Å². The molecule has 0 saturated carbocycles. The molecule has 0 saturated heterocycles. The molecule has 1 amide bonds. The molecule has 1 N–H and O–H groups in total. The molecule has 36 heavy (non-hydrogen) atoms. The average Bonchev–Trinajstić information content (AvgIpc) is 3.36. The summed E-state index contributed by atoms with van der Waals surface area (Å²) in [5.74, 6) is 1.97. The molecule has 0 atom stereocenters. The minimum absolute atomic E-state index is 0.311. The number of para-hydroxylation sites is 1. The van der Waals surface area contributed by atoms with Gasteiger partial charge < -0.3 is 24.1 Å². The standard InChI is InChI=1S/C27H28N4O5/c1-4-33-22-14-20(15-23(34-5-2)25(22)35-6-3)27(32)29-21-12-8-7-10-18(21)16-24-30-26(31-36-24)19-11-9-13-28-17-19/h7-15,17H,4-6,16H2,1-3H3,(H,29,32). The van der Waals surface area contributed by atoms with Crippen LogP contribution in [0.3, 0.4) is 0 Å². The van der Waals surface area contributed by atoms with Crippen molar-refractivity contribution in [1.29, 1.82) is 0 Å². The van der Waals surface area contributed by atoms with Crippen LogP contribution in [0.4, 0.5) is 5.69 Å². The number of benzene rings is 2. The fraction of sp³-hybridized carbons (Fsp3) is 0.259. The summed E-state index contributed by atoms with van der Waals surface area (Å²) in [7, 11) is 0.